The number of urea groups is 1. The van der Waals surface area contributed by atoms with Gasteiger partial charge >= 0.3 is 6.03 Å². The molecule has 36 heavy (non-hydrogen) atoms. The average molecular weight is 525 g/mol. The third-order valence-electron chi connectivity index (χ3n) is 6.81. The van der Waals surface area contributed by atoms with Gasteiger partial charge in [-0.05, 0) is 44.0 Å². The number of hydrogen-bond donors (Lipinski definition) is 3. The summed E-state index contributed by atoms with van der Waals surface area (Å²) >= 11 is 6.05. The number of hydrogen-bond acceptors (Lipinski definition) is 7. The summed E-state index contributed by atoms with van der Waals surface area (Å²) in [5.74, 6) is -0.0295. The van der Waals surface area contributed by atoms with E-state index in [0.717, 1.165) is 39.3 Å². The number of nitrogens with one attached hydrogen (secondary N) is 2. The first-order valence-corrected chi connectivity index (χ1v) is 13.2. The van der Waals surface area contributed by atoms with E-state index in [1.165, 1.54) is 0 Å². The molecule has 1 aromatic rings. The fourth-order valence-corrected chi connectivity index (χ4v) is 5.16. The maximum absolute atomic E-state index is 13.2. The van der Waals surface area contributed by atoms with Gasteiger partial charge in [0.05, 0.1) is 57.6 Å². The minimum Gasteiger partial charge on any atom is -0.389 e. The van der Waals surface area contributed by atoms with E-state index in [4.69, 9.17) is 25.8 Å². The molecule has 4 atom stereocenters. The van der Waals surface area contributed by atoms with E-state index in [0.29, 0.717) is 30.1 Å². The number of carbonyl (C=O) groups is 2. The van der Waals surface area contributed by atoms with Crippen molar-refractivity contribution in [2.45, 2.75) is 50.0 Å². The van der Waals surface area contributed by atoms with Gasteiger partial charge in [-0.3, -0.25) is 9.69 Å². The largest absolute Gasteiger partial charge is 0.389 e. The quantitative estimate of drug-likeness (QED) is 0.465. The van der Waals surface area contributed by atoms with Gasteiger partial charge in [-0.2, -0.15) is 0 Å². The van der Waals surface area contributed by atoms with Crippen LogP contribution in [-0.4, -0.2) is 110 Å². The molecule has 200 valence electrons. The van der Waals surface area contributed by atoms with Crippen LogP contribution < -0.4 is 10.6 Å². The summed E-state index contributed by atoms with van der Waals surface area (Å²) in [6, 6.07) is 6.34. The van der Waals surface area contributed by atoms with Gasteiger partial charge in [0, 0.05) is 30.3 Å². The first kappa shape index (κ1) is 27.1. The molecular formula is C25H37ClN4O6. The Hall–Kier alpha value is -1.95. The lowest BCUT2D eigenvalue weighted by Crippen LogP contribution is -2.58. The maximum Gasteiger partial charge on any atom is 0.322 e. The molecule has 0 spiro atoms. The minimum absolute atomic E-state index is 0.0295. The minimum atomic E-state index is -0.794. The van der Waals surface area contributed by atoms with Gasteiger partial charge in [0.15, 0.2) is 0 Å². The summed E-state index contributed by atoms with van der Waals surface area (Å²) in [5, 5.41) is 16.7. The molecule has 3 N–H and O–H groups in total. The third kappa shape index (κ3) is 8.03. The number of aliphatic hydroxyl groups excluding tert-OH is 1. The van der Waals surface area contributed by atoms with E-state index in [9.17, 15) is 14.7 Å². The second-order valence-electron chi connectivity index (χ2n) is 9.59. The zero-order valence-corrected chi connectivity index (χ0v) is 21.3. The molecule has 4 rings (SSSR count). The van der Waals surface area contributed by atoms with E-state index < -0.39 is 6.10 Å². The average Bonchev–Trinajstić information content (AvgIpc) is 2.85. The SMILES string of the molecule is O=C(C[C@@H]1CC[C@@H]2[C@H](COC[C@H](O)CN2C(=O)Nc2cccc(Cl)c2)O1)NCCCN1CCOCC1. The van der Waals surface area contributed by atoms with E-state index in [1.54, 1.807) is 29.2 Å². The van der Waals surface area contributed by atoms with Crippen LogP contribution in [0.15, 0.2) is 24.3 Å². The number of aliphatic hydroxyl groups is 1. The summed E-state index contributed by atoms with van der Waals surface area (Å²) in [6.45, 7) is 5.51. The smallest absolute Gasteiger partial charge is 0.322 e. The number of nitrogens with zero attached hydrogens (tertiary/aromatic N) is 2. The van der Waals surface area contributed by atoms with Gasteiger partial charge in [0.1, 0.15) is 6.10 Å². The lowest BCUT2D eigenvalue weighted by atomic mass is 9.95. The molecule has 0 aromatic heterocycles. The third-order valence-corrected chi connectivity index (χ3v) is 7.04. The van der Waals surface area contributed by atoms with E-state index in [1.807, 2.05) is 0 Å². The molecule has 3 heterocycles. The fourth-order valence-electron chi connectivity index (χ4n) is 4.97. The number of β-amino-alcohol motifs (C(OH)–C–C–N with tert-alkyl or cyclic N) is 1. The van der Waals surface area contributed by atoms with Crippen LogP contribution in [0.25, 0.3) is 0 Å². The Morgan fingerprint density at radius 1 is 1.14 bits per heavy atom. The Balaban J connectivity index is 1.27. The van der Waals surface area contributed by atoms with Crippen molar-refractivity contribution < 1.29 is 28.9 Å². The highest BCUT2D eigenvalue weighted by atomic mass is 35.5. The molecule has 3 aliphatic rings. The van der Waals surface area contributed by atoms with Crippen LogP contribution in [0.4, 0.5) is 10.5 Å². The number of anilines is 1. The van der Waals surface area contributed by atoms with E-state index in [-0.39, 0.29) is 56.4 Å². The van der Waals surface area contributed by atoms with Gasteiger partial charge in [0.25, 0.3) is 0 Å². The number of fused-ring (bicyclic) bond motifs is 1. The molecule has 3 aliphatic heterocycles. The Kier molecular flexibility index (Phi) is 10.2. The standard InChI is InChI=1S/C25H37ClN4O6/c26-18-3-1-4-19(13-18)28-25(33)30-15-20(31)16-35-17-23-22(30)6-5-21(36-23)14-24(32)27-7-2-8-29-9-11-34-12-10-29/h1,3-4,13,20-23,31H,2,5-12,14-17H2,(H,27,32)(H,28,33)/t20-,21+,22-,23+/m1/s1. The highest BCUT2D eigenvalue weighted by Crippen LogP contribution is 2.28. The van der Waals surface area contributed by atoms with Crippen molar-refractivity contribution in [3.05, 3.63) is 29.3 Å². The molecule has 3 fully saturated rings. The Bertz CT molecular complexity index is 871. The Morgan fingerprint density at radius 2 is 1.97 bits per heavy atom. The van der Waals surface area contributed by atoms with Crippen LogP contribution in [0, 0.1) is 0 Å². The second-order valence-corrected chi connectivity index (χ2v) is 10.0. The van der Waals surface area contributed by atoms with Crippen LogP contribution in [0.1, 0.15) is 25.7 Å². The number of rotatable bonds is 7. The highest BCUT2D eigenvalue weighted by molar-refractivity contribution is 6.30. The summed E-state index contributed by atoms with van der Waals surface area (Å²) in [6.07, 6.45) is 1.05. The van der Waals surface area contributed by atoms with Gasteiger partial charge in [-0.1, -0.05) is 17.7 Å². The number of halogens is 1. The first-order chi connectivity index (χ1) is 17.5. The zero-order chi connectivity index (χ0) is 25.3. The van der Waals surface area contributed by atoms with Crippen LogP contribution in [0.3, 0.4) is 0 Å². The molecule has 0 unspecified atom stereocenters. The molecular weight excluding hydrogens is 488 g/mol. The number of benzene rings is 1. The number of morpholine rings is 1. The van der Waals surface area contributed by atoms with Crippen LogP contribution in [0.5, 0.6) is 0 Å². The molecule has 0 radical (unpaired) electrons. The predicted molar refractivity (Wildman–Crippen MR) is 135 cm³/mol. The predicted octanol–water partition coefficient (Wildman–Crippen LogP) is 1.71. The van der Waals surface area contributed by atoms with Gasteiger partial charge in [0.2, 0.25) is 5.91 Å². The normalized spacial score (nSPS) is 27.4. The van der Waals surface area contributed by atoms with E-state index >= 15 is 0 Å². The van der Waals surface area contributed by atoms with Gasteiger partial charge in [-0.25, -0.2) is 4.79 Å². The molecule has 11 heteroatoms. The first-order valence-electron chi connectivity index (χ1n) is 12.8. The van der Waals surface area contributed by atoms with Gasteiger partial charge in [-0.15, -0.1) is 0 Å². The van der Waals surface area contributed by atoms with Crippen molar-refractivity contribution in [1.29, 1.82) is 0 Å². The topological polar surface area (TPSA) is 113 Å². The maximum atomic E-state index is 13.2. The number of ether oxygens (including phenoxy) is 3. The molecule has 0 bridgehead atoms. The summed E-state index contributed by atoms with van der Waals surface area (Å²) in [4.78, 5) is 29.6. The van der Waals surface area contributed by atoms with E-state index in [2.05, 4.69) is 15.5 Å². The molecule has 3 amide bonds. The van der Waals surface area contributed by atoms with Crippen molar-refractivity contribution in [2.24, 2.45) is 0 Å². The molecule has 0 aliphatic carbocycles. The fraction of sp³-hybridized carbons (Fsp3) is 0.680. The van der Waals surface area contributed by atoms with Crippen molar-refractivity contribution in [3.63, 3.8) is 0 Å². The molecule has 0 saturated carbocycles. The molecule has 1 aromatic carbocycles. The summed E-state index contributed by atoms with van der Waals surface area (Å²) in [5.41, 5.74) is 0.580. The van der Waals surface area contributed by atoms with Crippen LogP contribution in [-0.2, 0) is 19.0 Å². The highest BCUT2D eigenvalue weighted by Gasteiger charge is 2.40. The lowest BCUT2D eigenvalue weighted by Gasteiger charge is -2.44. The number of carbonyl (C=O) groups excluding carboxylic acids is 2. The van der Waals surface area contributed by atoms with Crippen molar-refractivity contribution >= 4 is 29.2 Å². The van der Waals surface area contributed by atoms with Crippen LogP contribution in [0.2, 0.25) is 5.02 Å². The Labute approximate surface area is 217 Å². The number of amides is 3. The zero-order valence-electron chi connectivity index (χ0n) is 20.6. The molecule has 10 nitrogen and oxygen atoms in total. The summed E-state index contributed by atoms with van der Waals surface area (Å²) < 4.78 is 17.3. The monoisotopic (exact) mass is 524 g/mol. The van der Waals surface area contributed by atoms with Crippen molar-refractivity contribution in [1.82, 2.24) is 15.1 Å². The van der Waals surface area contributed by atoms with Crippen LogP contribution >= 0.6 is 11.6 Å². The Morgan fingerprint density at radius 3 is 2.78 bits per heavy atom. The van der Waals surface area contributed by atoms with Gasteiger partial charge < -0.3 is 34.9 Å². The van der Waals surface area contributed by atoms with Crippen molar-refractivity contribution in [3.8, 4) is 0 Å². The lowest BCUT2D eigenvalue weighted by molar-refractivity contribution is -0.149. The summed E-state index contributed by atoms with van der Waals surface area (Å²) in [7, 11) is 0. The van der Waals surface area contributed by atoms with Crippen molar-refractivity contribution in [2.75, 3.05) is 64.5 Å². The molecule has 3 saturated heterocycles. The second kappa shape index (κ2) is 13.6.